The van der Waals surface area contributed by atoms with Crippen molar-refractivity contribution in [2.24, 2.45) is 5.92 Å². The molecule has 0 aliphatic heterocycles. The van der Waals surface area contributed by atoms with Crippen LogP contribution in [0.25, 0.3) is 5.52 Å². The minimum Gasteiger partial charge on any atom is -0.458 e. The molecule has 1 saturated carbocycles. The highest BCUT2D eigenvalue weighted by Gasteiger charge is 2.23. The first-order valence-corrected chi connectivity index (χ1v) is 7.02. The molecule has 4 heteroatoms. The first-order chi connectivity index (χ1) is 10.2. The normalized spacial score (nSPS) is 15.0. The van der Waals surface area contributed by atoms with Gasteiger partial charge in [-0.25, -0.2) is 4.79 Å². The molecule has 0 aromatic carbocycles. The highest BCUT2D eigenvalue weighted by atomic mass is 16.5. The van der Waals surface area contributed by atoms with Gasteiger partial charge in [0.1, 0.15) is 12.7 Å². The number of fused-ring (bicyclic) bond motifs is 1. The Balaban J connectivity index is 1.74. The molecular formula is C17H16N2O2. The van der Waals surface area contributed by atoms with Gasteiger partial charge in [-0.15, -0.1) is 0 Å². The third-order valence-electron chi connectivity index (χ3n) is 3.81. The van der Waals surface area contributed by atoms with Crippen LogP contribution in [0.4, 0.5) is 0 Å². The number of esters is 1. The standard InChI is InChI=1S/C17H16N2O2/c1-12(13-5-6-13)8-17(20)21-11-14-10-19-7-3-2-4-16(19)15(14)9-18/h2-4,7-8,10,13H,5-6,11H2,1H3/b12-8+. The molecule has 2 aromatic heterocycles. The Labute approximate surface area is 123 Å². The van der Waals surface area contributed by atoms with Crippen molar-refractivity contribution in [3.8, 4) is 6.07 Å². The van der Waals surface area contributed by atoms with Gasteiger partial charge in [-0.3, -0.25) is 0 Å². The highest BCUT2D eigenvalue weighted by molar-refractivity contribution is 5.83. The molecule has 2 aromatic rings. The van der Waals surface area contributed by atoms with Crippen LogP contribution in [0.15, 0.2) is 42.2 Å². The number of rotatable bonds is 4. The fraction of sp³-hybridized carbons (Fsp3) is 0.294. The van der Waals surface area contributed by atoms with E-state index in [2.05, 4.69) is 6.07 Å². The molecule has 0 atom stereocenters. The first kappa shape index (κ1) is 13.4. The minimum absolute atomic E-state index is 0.123. The molecule has 0 bridgehead atoms. The third kappa shape index (κ3) is 2.82. The van der Waals surface area contributed by atoms with E-state index in [1.54, 1.807) is 6.08 Å². The van der Waals surface area contributed by atoms with Crippen molar-refractivity contribution >= 4 is 11.5 Å². The van der Waals surface area contributed by atoms with E-state index in [1.807, 2.05) is 41.9 Å². The molecule has 3 rings (SSSR count). The Kier molecular flexibility index (Phi) is 3.49. The molecule has 4 nitrogen and oxygen atoms in total. The van der Waals surface area contributed by atoms with Gasteiger partial charge in [0.2, 0.25) is 0 Å². The molecule has 0 N–H and O–H groups in total. The summed E-state index contributed by atoms with van der Waals surface area (Å²) in [6.45, 7) is 2.09. The van der Waals surface area contributed by atoms with Crippen molar-refractivity contribution in [3.63, 3.8) is 0 Å². The summed E-state index contributed by atoms with van der Waals surface area (Å²) in [6.07, 6.45) is 7.61. The topological polar surface area (TPSA) is 54.5 Å². The number of carbonyl (C=O) groups is 1. The molecular weight excluding hydrogens is 264 g/mol. The summed E-state index contributed by atoms with van der Waals surface area (Å²) in [7, 11) is 0. The summed E-state index contributed by atoms with van der Waals surface area (Å²) in [6, 6.07) is 7.84. The van der Waals surface area contributed by atoms with Crippen molar-refractivity contribution in [3.05, 3.63) is 53.4 Å². The SMILES string of the molecule is C/C(=C\C(=O)OCc1cn2ccccc2c1C#N)C1CC1. The Bertz CT molecular complexity index is 761. The highest BCUT2D eigenvalue weighted by Crippen LogP contribution is 2.35. The Morgan fingerprint density at radius 2 is 2.33 bits per heavy atom. The van der Waals surface area contributed by atoms with Gasteiger partial charge in [-0.05, 0) is 37.8 Å². The van der Waals surface area contributed by atoms with Gasteiger partial charge in [-0.1, -0.05) is 11.6 Å². The third-order valence-corrected chi connectivity index (χ3v) is 3.81. The summed E-state index contributed by atoms with van der Waals surface area (Å²) in [5.74, 6) is 0.225. The van der Waals surface area contributed by atoms with Crippen molar-refractivity contribution in [2.75, 3.05) is 0 Å². The maximum atomic E-state index is 11.8. The number of hydrogen-bond acceptors (Lipinski definition) is 3. The molecule has 0 unspecified atom stereocenters. The van der Waals surface area contributed by atoms with E-state index in [9.17, 15) is 10.1 Å². The van der Waals surface area contributed by atoms with Gasteiger partial charge >= 0.3 is 5.97 Å². The van der Waals surface area contributed by atoms with E-state index in [0.717, 1.165) is 16.7 Å². The monoisotopic (exact) mass is 280 g/mol. The number of nitriles is 1. The fourth-order valence-electron chi connectivity index (χ4n) is 2.45. The van der Waals surface area contributed by atoms with Crippen LogP contribution in [0, 0.1) is 17.2 Å². The van der Waals surface area contributed by atoms with E-state index in [1.165, 1.54) is 12.8 Å². The summed E-state index contributed by atoms with van der Waals surface area (Å²) in [4.78, 5) is 11.8. The fourth-order valence-corrected chi connectivity index (χ4v) is 2.45. The van der Waals surface area contributed by atoms with E-state index >= 15 is 0 Å². The van der Waals surface area contributed by atoms with E-state index in [4.69, 9.17) is 4.74 Å². The van der Waals surface area contributed by atoms with E-state index < -0.39 is 0 Å². The summed E-state index contributed by atoms with van der Waals surface area (Å²) >= 11 is 0. The molecule has 0 saturated heterocycles. The van der Waals surface area contributed by atoms with Crippen LogP contribution in [-0.2, 0) is 16.1 Å². The molecule has 0 spiro atoms. The van der Waals surface area contributed by atoms with Crippen LogP contribution in [0.1, 0.15) is 30.9 Å². The maximum absolute atomic E-state index is 11.8. The van der Waals surface area contributed by atoms with E-state index in [0.29, 0.717) is 11.5 Å². The van der Waals surface area contributed by atoms with Crippen molar-refractivity contribution < 1.29 is 9.53 Å². The molecule has 0 amide bonds. The van der Waals surface area contributed by atoms with Gasteiger partial charge in [-0.2, -0.15) is 5.26 Å². The van der Waals surface area contributed by atoms with Gasteiger partial charge in [0.15, 0.2) is 0 Å². The molecule has 106 valence electrons. The lowest BCUT2D eigenvalue weighted by atomic mass is 10.2. The maximum Gasteiger partial charge on any atom is 0.331 e. The predicted molar refractivity (Wildman–Crippen MR) is 78.4 cm³/mol. The minimum atomic E-state index is -0.335. The second-order valence-electron chi connectivity index (χ2n) is 5.40. The van der Waals surface area contributed by atoms with Crippen LogP contribution in [0.3, 0.4) is 0 Å². The molecule has 21 heavy (non-hydrogen) atoms. The van der Waals surface area contributed by atoms with Crippen LogP contribution < -0.4 is 0 Å². The molecule has 1 aliphatic rings. The smallest absolute Gasteiger partial charge is 0.331 e. The Morgan fingerprint density at radius 1 is 1.52 bits per heavy atom. The van der Waals surface area contributed by atoms with Gasteiger partial charge in [0.25, 0.3) is 0 Å². The van der Waals surface area contributed by atoms with Crippen molar-refractivity contribution in [2.45, 2.75) is 26.4 Å². The second kappa shape index (κ2) is 5.45. The summed E-state index contributed by atoms with van der Waals surface area (Å²) < 4.78 is 7.14. The number of allylic oxidation sites excluding steroid dienone is 1. The molecule has 1 fully saturated rings. The lowest BCUT2D eigenvalue weighted by Crippen LogP contribution is -2.02. The Morgan fingerprint density at radius 3 is 3.05 bits per heavy atom. The van der Waals surface area contributed by atoms with Crippen LogP contribution in [-0.4, -0.2) is 10.4 Å². The Hall–Kier alpha value is -2.54. The lowest BCUT2D eigenvalue weighted by molar-refractivity contribution is -0.139. The van der Waals surface area contributed by atoms with Crippen molar-refractivity contribution in [1.29, 1.82) is 5.26 Å². The zero-order valence-electron chi connectivity index (χ0n) is 11.9. The second-order valence-corrected chi connectivity index (χ2v) is 5.40. The molecule has 1 aliphatic carbocycles. The van der Waals surface area contributed by atoms with Crippen LogP contribution >= 0.6 is 0 Å². The zero-order chi connectivity index (χ0) is 14.8. The van der Waals surface area contributed by atoms with Crippen molar-refractivity contribution in [1.82, 2.24) is 4.40 Å². The summed E-state index contributed by atoms with van der Waals surface area (Å²) in [5, 5.41) is 9.28. The first-order valence-electron chi connectivity index (χ1n) is 7.02. The van der Waals surface area contributed by atoms with Gasteiger partial charge < -0.3 is 9.14 Å². The quantitative estimate of drug-likeness (QED) is 0.638. The number of nitrogens with zero attached hydrogens (tertiary/aromatic N) is 2. The predicted octanol–water partition coefficient (Wildman–Crippen LogP) is 3.21. The lowest BCUT2D eigenvalue weighted by Gasteiger charge is -2.02. The van der Waals surface area contributed by atoms with Crippen LogP contribution in [0.2, 0.25) is 0 Å². The van der Waals surface area contributed by atoms with Gasteiger partial charge in [0.05, 0.1) is 11.1 Å². The molecule has 2 heterocycles. The average Bonchev–Trinajstić information content (AvgIpc) is 3.26. The number of aromatic nitrogens is 1. The van der Waals surface area contributed by atoms with E-state index in [-0.39, 0.29) is 12.6 Å². The largest absolute Gasteiger partial charge is 0.458 e. The van der Waals surface area contributed by atoms with Gasteiger partial charge in [0, 0.05) is 24.0 Å². The number of ether oxygens (including phenoxy) is 1. The van der Waals surface area contributed by atoms with Crippen LogP contribution in [0.5, 0.6) is 0 Å². The zero-order valence-corrected chi connectivity index (χ0v) is 11.9. The average molecular weight is 280 g/mol. The number of carbonyl (C=O) groups excluding carboxylic acids is 1. The number of hydrogen-bond donors (Lipinski definition) is 0. The molecule has 0 radical (unpaired) electrons. The summed E-state index contributed by atoms with van der Waals surface area (Å²) in [5.41, 5.74) is 3.21. The number of pyridine rings is 1.